The molecular formula is C22H33N3O. The van der Waals surface area contributed by atoms with E-state index in [2.05, 4.69) is 69.3 Å². The van der Waals surface area contributed by atoms with Crippen molar-refractivity contribution in [2.24, 2.45) is 11.8 Å². The highest BCUT2D eigenvalue weighted by atomic mass is 16.2. The van der Waals surface area contributed by atoms with Gasteiger partial charge in [0.1, 0.15) is 5.82 Å². The summed E-state index contributed by atoms with van der Waals surface area (Å²) >= 11 is 0. The first-order valence-electron chi connectivity index (χ1n) is 9.60. The molecule has 1 aromatic carbocycles. The van der Waals surface area contributed by atoms with Gasteiger partial charge in [-0.3, -0.25) is 4.79 Å². The van der Waals surface area contributed by atoms with Gasteiger partial charge in [-0.05, 0) is 36.8 Å². The summed E-state index contributed by atoms with van der Waals surface area (Å²) in [5.74, 6) is 1.97. The lowest BCUT2D eigenvalue weighted by Gasteiger charge is -2.25. The van der Waals surface area contributed by atoms with E-state index in [1.807, 2.05) is 17.3 Å². The van der Waals surface area contributed by atoms with Crippen molar-refractivity contribution in [3.8, 4) is 0 Å². The molecule has 0 unspecified atom stereocenters. The summed E-state index contributed by atoms with van der Waals surface area (Å²) in [5, 5.41) is 0. The van der Waals surface area contributed by atoms with Gasteiger partial charge in [-0.1, -0.05) is 51.5 Å². The highest BCUT2D eigenvalue weighted by Gasteiger charge is 2.19. The predicted octanol–water partition coefficient (Wildman–Crippen LogP) is 4.58. The molecule has 0 aliphatic carbocycles. The van der Waals surface area contributed by atoms with E-state index in [1.54, 1.807) is 0 Å². The molecule has 1 heterocycles. The fourth-order valence-corrected chi connectivity index (χ4v) is 3.13. The van der Waals surface area contributed by atoms with Gasteiger partial charge in [-0.15, -0.1) is 0 Å². The molecule has 0 aliphatic rings. The van der Waals surface area contributed by atoms with Gasteiger partial charge in [0, 0.05) is 31.9 Å². The molecule has 2 aromatic rings. The molecule has 26 heavy (non-hydrogen) atoms. The molecule has 0 fully saturated rings. The molecule has 0 bridgehead atoms. The van der Waals surface area contributed by atoms with Crippen LogP contribution in [-0.4, -0.2) is 26.9 Å². The molecule has 4 heteroatoms. The smallest absolute Gasteiger partial charge is 0.223 e. The van der Waals surface area contributed by atoms with Crippen molar-refractivity contribution < 1.29 is 4.79 Å². The number of aryl methyl sites for hydroxylation is 2. The lowest BCUT2D eigenvalue weighted by Crippen LogP contribution is -2.35. The number of carbonyl (C=O) groups is 1. The SMILES string of the molecule is Cc1ccc(C)c(Cn2ccnc2CN(CC(C)C)C(=O)CC(C)C)c1. The molecule has 1 amide bonds. The van der Waals surface area contributed by atoms with Crippen LogP contribution in [0.5, 0.6) is 0 Å². The van der Waals surface area contributed by atoms with Crippen molar-refractivity contribution in [1.29, 1.82) is 0 Å². The molecule has 0 atom stereocenters. The first-order valence-corrected chi connectivity index (χ1v) is 9.60. The second-order valence-electron chi connectivity index (χ2n) is 8.17. The zero-order chi connectivity index (χ0) is 19.3. The van der Waals surface area contributed by atoms with E-state index in [0.29, 0.717) is 24.8 Å². The fraction of sp³-hybridized carbons (Fsp3) is 0.545. The maximum Gasteiger partial charge on any atom is 0.223 e. The van der Waals surface area contributed by atoms with Gasteiger partial charge in [0.2, 0.25) is 5.91 Å². The molecule has 0 saturated heterocycles. The Balaban J connectivity index is 2.19. The second-order valence-corrected chi connectivity index (χ2v) is 8.17. The third-order valence-corrected chi connectivity index (χ3v) is 4.50. The molecule has 4 nitrogen and oxygen atoms in total. The van der Waals surface area contributed by atoms with Crippen LogP contribution in [0.25, 0.3) is 0 Å². The first-order chi connectivity index (χ1) is 12.3. The topological polar surface area (TPSA) is 38.1 Å². The number of hydrogen-bond donors (Lipinski definition) is 0. The van der Waals surface area contributed by atoms with Crippen LogP contribution in [0.15, 0.2) is 30.6 Å². The predicted molar refractivity (Wildman–Crippen MR) is 107 cm³/mol. The third-order valence-electron chi connectivity index (χ3n) is 4.50. The van der Waals surface area contributed by atoms with E-state index in [4.69, 9.17) is 0 Å². The second kappa shape index (κ2) is 9.02. The van der Waals surface area contributed by atoms with E-state index in [9.17, 15) is 4.79 Å². The number of aromatic nitrogens is 2. The number of amides is 1. The van der Waals surface area contributed by atoms with Gasteiger partial charge < -0.3 is 9.47 Å². The third kappa shape index (κ3) is 5.72. The number of hydrogen-bond acceptors (Lipinski definition) is 2. The van der Waals surface area contributed by atoms with Crippen LogP contribution < -0.4 is 0 Å². The van der Waals surface area contributed by atoms with Crippen molar-refractivity contribution >= 4 is 5.91 Å². The van der Waals surface area contributed by atoms with E-state index in [0.717, 1.165) is 18.9 Å². The highest BCUT2D eigenvalue weighted by Crippen LogP contribution is 2.16. The maximum atomic E-state index is 12.7. The van der Waals surface area contributed by atoms with Crippen LogP contribution in [0.2, 0.25) is 0 Å². The lowest BCUT2D eigenvalue weighted by atomic mass is 10.1. The molecule has 0 saturated carbocycles. The Morgan fingerprint density at radius 2 is 1.88 bits per heavy atom. The van der Waals surface area contributed by atoms with Crippen LogP contribution >= 0.6 is 0 Å². The molecule has 1 aromatic heterocycles. The van der Waals surface area contributed by atoms with Crippen LogP contribution in [0.3, 0.4) is 0 Å². The summed E-state index contributed by atoms with van der Waals surface area (Å²) in [7, 11) is 0. The van der Waals surface area contributed by atoms with E-state index in [1.165, 1.54) is 16.7 Å². The molecular weight excluding hydrogens is 322 g/mol. The van der Waals surface area contributed by atoms with E-state index >= 15 is 0 Å². The number of rotatable bonds is 8. The van der Waals surface area contributed by atoms with Gasteiger partial charge in [-0.25, -0.2) is 4.98 Å². The first kappa shape index (κ1) is 20.2. The van der Waals surface area contributed by atoms with Gasteiger partial charge in [0.25, 0.3) is 0 Å². The van der Waals surface area contributed by atoms with Crippen molar-refractivity contribution in [1.82, 2.24) is 14.5 Å². The maximum absolute atomic E-state index is 12.7. The van der Waals surface area contributed by atoms with Crippen molar-refractivity contribution in [3.63, 3.8) is 0 Å². The van der Waals surface area contributed by atoms with Crippen molar-refractivity contribution in [2.45, 2.75) is 61.1 Å². The quantitative estimate of drug-likeness (QED) is 0.695. The zero-order valence-corrected chi connectivity index (χ0v) is 17.1. The normalized spacial score (nSPS) is 11.4. The summed E-state index contributed by atoms with van der Waals surface area (Å²) in [4.78, 5) is 19.2. The summed E-state index contributed by atoms with van der Waals surface area (Å²) in [6.07, 6.45) is 4.43. The summed E-state index contributed by atoms with van der Waals surface area (Å²) in [6.45, 7) is 14.9. The molecule has 142 valence electrons. The molecule has 0 aliphatic heterocycles. The zero-order valence-electron chi connectivity index (χ0n) is 17.1. The van der Waals surface area contributed by atoms with Crippen LogP contribution in [0, 0.1) is 25.7 Å². The Labute approximate surface area is 158 Å². The van der Waals surface area contributed by atoms with E-state index in [-0.39, 0.29) is 5.91 Å². The Hall–Kier alpha value is -2.10. The van der Waals surface area contributed by atoms with E-state index < -0.39 is 0 Å². The average Bonchev–Trinajstić information content (AvgIpc) is 2.96. The largest absolute Gasteiger partial charge is 0.335 e. The Bertz CT molecular complexity index is 731. The van der Waals surface area contributed by atoms with Gasteiger partial charge >= 0.3 is 0 Å². The number of nitrogens with zero attached hydrogens (tertiary/aromatic N) is 3. The van der Waals surface area contributed by atoms with Gasteiger partial charge in [-0.2, -0.15) is 0 Å². The lowest BCUT2D eigenvalue weighted by molar-refractivity contribution is -0.133. The minimum absolute atomic E-state index is 0.218. The van der Waals surface area contributed by atoms with Gasteiger partial charge in [0.05, 0.1) is 6.54 Å². The van der Waals surface area contributed by atoms with Crippen LogP contribution in [0.4, 0.5) is 0 Å². The number of benzene rings is 1. The monoisotopic (exact) mass is 355 g/mol. The minimum atomic E-state index is 0.218. The summed E-state index contributed by atoms with van der Waals surface area (Å²) in [6, 6.07) is 6.54. The minimum Gasteiger partial charge on any atom is -0.335 e. The number of carbonyl (C=O) groups excluding carboxylic acids is 1. The average molecular weight is 356 g/mol. The Morgan fingerprint density at radius 1 is 1.15 bits per heavy atom. The van der Waals surface area contributed by atoms with Crippen LogP contribution in [-0.2, 0) is 17.9 Å². The van der Waals surface area contributed by atoms with Crippen molar-refractivity contribution in [2.75, 3.05) is 6.54 Å². The van der Waals surface area contributed by atoms with Crippen molar-refractivity contribution in [3.05, 3.63) is 53.1 Å². The summed E-state index contributed by atoms with van der Waals surface area (Å²) in [5.41, 5.74) is 3.85. The molecule has 0 spiro atoms. The molecule has 0 N–H and O–H groups in total. The number of imidazole rings is 1. The molecule has 0 radical (unpaired) electrons. The van der Waals surface area contributed by atoms with Crippen LogP contribution in [0.1, 0.15) is 56.6 Å². The summed E-state index contributed by atoms with van der Waals surface area (Å²) < 4.78 is 2.16. The Morgan fingerprint density at radius 3 is 2.54 bits per heavy atom. The highest BCUT2D eigenvalue weighted by molar-refractivity contribution is 5.76. The molecule has 2 rings (SSSR count). The standard InChI is InChI=1S/C22H33N3O/c1-16(2)11-22(26)25(13-17(3)4)15-21-23-9-10-24(21)14-20-12-18(5)7-8-19(20)6/h7-10,12,16-17H,11,13-15H2,1-6H3. The fourth-order valence-electron chi connectivity index (χ4n) is 3.13. The van der Waals surface area contributed by atoms with Gasteiger partial charge in [0.15, 0.2) is 0 Å². The Kier molecular flexibility index (Phi) is 7.01.